The first kappa shape index (κ1) is 29.8. The molecule has 52 heavy (non-hydrogen) atoms. The largest absolute Gasteiger partial charge is 0.245 e. The summed E-state index contributed by atoms with van der Waals surface area (Å²) < 4.78 is 0. The van der Waals surface area contributed by atoms with Crippen molar-refractivity contribution >= 4 is 43.5 Å². The van der Waals surface area contributed by atoms with Crippen LogP contribution in [0.3, 0.4) is 0 Å². The minimum absolute atomic E-state index is 0.716. The Morgan fingerprint density at radius 1 is 0.308 bits per heavy atom. The maximum atomic E-state index is 5.35. The summed E-state index contributed by atoms with van der Waals surface area (Å²) in [5.41, 5.74) is 11.9. The van der Waals surface area contributed by atoms with Gasteiger partial charge in [-0.1, -0.05) is 146 Å². The van der Waals surface area contributed by atoms with E-state index in [9.17, 15) is 0 Å². The summed E-state index contributed by atoms with van der Waals surface area (Å²) in [5.74, 6) is 0.716. The lowest BCUT2D eigenvalue weighted by atomic mass is 9.93. The van der Waals surface area contributed by atoms with Crippen LogP contribution in [0, 0.1) is 0 Å². The normalized spacial score (nSPS) is 11.5. The molecule has 3 aromatic heterocycles. The fourth-order valence-corrected chi connectivity index (χ4v) is 7.22. The standard InChI is InChI=1S/C48H30N4/c1-4-12-31(13-5-1)42-25-22-33-20-21-34-23-26-43(50-47(34)46(33)49-42)40-30-38(28-37-18-10-11-19-39(37)40)36-24-27-44-41(29-36)45(32-14-6-2-7-15-32)52-48(51-44)35-16-8-3-9-17-35/h1-30H. The van der Waals surface area contributed by atoms with Crippen molar-refractivity contribution < 1.29 is 0 Å². The zero-order valence-electron chi connectivity index (χ0n) is 28.1. The molecule has 0 aliphatic rings. The van der Waals surface area contributed by atoms with Crippen LogP contribution in [0.25, 0.3) is 99.8 Å². The lowest BCUT2D eigenvalue weighted by Gasteiger charge is -2.14. The number of fused-ring (bicyclic) bond motifs is 5. The highest BCUT2D eigenvalue weighted by atomic mass is 14.9. The van der Waals surface area contributed by atoms with Crippen LogP contribution in [0.5, 0.6) is 0 Å². The average molecular weight is 663 g/mol. The van der Waals surface area contributed by atoms with Gasteiger partial charge in [0.15, 0.2) is 5.82 Å². The lowest BCUT2D eigenvalue weighted by molar-refractivity contribution is 1.23. The van der Waals surface area contributed by atoms with Gasteiger partial charge in [0.1, 0.15) is 0 Å². The SMILES string of the molecule is c1ccc(-c2ccc3ccc4ccc(-c5cc(-c6ccc7nc(-c8ccccc8)nc(-c8ccccc8)c7c6)cc6ccccc56)nc4c3n2)cc1. The summed E-state index contributed by atoms with van der Waals surface area (Å²) in [7, 11) is 0. The van der Waals surface area contributed by atoms with Gasteiger partial charge in [-0.3, -0.25) is 0 Å². The third-order valence-corrected chi connectivity index (χ3v) is 9.84. The van der Waals surface area contributed by atoms with Crippen molar-refractivity contribution in [3.05, 3.63) is 182 Å². The summed E-state index contributed by atoms with van der Waals surface area (Å²) >= 11 is 0. The first-order valence-electron chi connectivity index (χ1n) is 17.5. The predicted molar refractivity (Wildman–Crippen MR) is 215 cm³/mol. The fraction of sp³-hybridized carbons (Fsp3) is 0. The van der Waals surface area contributed by atoms with Gasteiger partial charge in [0.05, 0.1) is 33.6 Å². The topological polar surface area (TPSA) is 51.6 Å². The highest BCUT2D eigenvalue weighted by molar-refractivity contribution is 6.06. The summed E-state index contributed by atoms with van der Waals surface area (Å²) in [5, 5.41) is 5.44. The number of benzene rings is 7. The quantitative estimate of drug-likeness (QED) is 0.172. The Balaban J connectivity index is 1.16. The second kappa shape index (κ2) is 12.4. The molecule has 10 aromatic rings. The Morgan fingerprint density at radius 3 is 1.63 bits per heavy atom. The van der Waals surface area contributed by atoms with Crippen molar-refractivity contribution in [2.24, 2.45) is 0 Å². The Bertz CT molecular complexity index is 2940. The van der Waals surface area contributed by atoms with Crippen molar-refractivity contribution in [3.8, 4) is 56.3 Å². The van der Waals surface area contributed by atoms with Crippen molar-refractivity contribution in [1.29, 1.82) is 0 Å². The van der Waals surface area contributed by atoms with Crippen LogP contribution in [0.1, 0.15) is 0 Å². The minimum atomic E-state index is 0.716. The molecule has 0 fully saturated rings. The van der Waals surface area contributed by atoms with E-state index < -0.39 is 0 Å². The van der Waals surface area contributed by atoms with Crippen molar-refractivity contribution in [1.82, 2.24) is 19.9 Å². The van der Waals surface area contributed by atoms with Crippen LogP contribution in [0.2, 0.25) is 0 Å². The zero-order chi connectivity index (χ0) is 34.4. The molecule has 0 radical (unpaired) electrons. The molecule has 0 amide bonds. The van der Waals surface area contributed by atoms with Gasteiger partial charge < -0.3 is 0 Å². The summed E-state index contributed by atoms with van der Waals surface area (Å²) in [6, 6.07) is 63.3. The van der Waals surface area contributed by atoms with Gasteiger partial charge in [0.25, 0.3) is 0 Å². The Morgan fingerprint density at radius 2 is 0.904 bits per heavy atom. The molecule has 10 rings (SSSR count). The van der Waals surface area contributed by atoms with Gasteiger partial charge in [-0.05, 0) is 58.3 Å². The molecule has 242 valence electrons. The zero-order valence-corrected chi connectivity index (χ0v) is 28.1. The Labute approximate surface area is 300 Å². The first-order chi connectivity index (χ1) is 25.7. The maximum absolute atomic E-state index is 5.35. The fourth-order valence-electron chi connectivity index (χ4n) is 7.22. The molecule has 7 aromatic carbocycles. The van der Waals surface area contributed by atoms with Crippen molar-refractivity contribution in [3.63, 3.8) is 0 Å². The monoisotopic (exact) mass is 662 g/mol. The van der Waals surface area contributed by atoms with Gasteiger partial charge in [-0.25, -0.2) is 19.9 Å². The van der Waals surface area contributed by atoms with Crippen LogP contribution in [-0.2, 0) is 0 Å². The van der Waals surface area contributed by atoms with Gasteiger partial charge in [0.2, 0.25) is 0 Å². The summed E-state index contributed by atoms with van der Waals surface area (Å²) in [4.78, 5) is 20.7. The second-order valence-corrected chi connectivity index (χ2v) is 13.1. The molecule has 0 saturated carbocycles. The molecule has 0 unspecified atom stereocenters. The van der Waals surface area contributed by atoms with Crippen molar-refractivity contribution in [2.75, 3.05) is 0 Å². The van der Waals surface area contributed by atoms with Gasteiger partial charge >= 0.3 is 0 Å². The van der Waals surface area contributed by atoms with Crippen molar-refractivity contribution in [2.45, 2.75) is 0 Å². The molecular formula is C48H30N4. The number of rotatable bonds is 5. The van der Waals surface area contributed by atoms with E-state index in [1.165, 1.54) is 0 Å². The molecule has 0 aliphatic heterocycles. The van der Waals surface area contributed by atoms with Gasteiger partial charge in [-0.15, -0.1) is 0 Å². The van der Waals surface area contributed by atoms with Crippen LogP contribution in [0.15, 0.2) is 182 Å². The predicted octanol–water partition coefficient (Wildman–Crippen LogP) is 12.2. The van der Waals surface area contributed by atoms with E-state index in [-0.39, 0.29) is 0 Å². The number of aromatic nitrogens is 4. The highest BCUT2D eigenvalue weighted by Crippen LogP contribution is 2.38. The lowest BCUT2D eigenvalue weighted by Crippen LogP contribution is -1.96. The molecular weight excluding hydrogens is 633 g/mol. The Kier molecular flexibility index (Phi) is 7.10. The molecule has 0 spiro atoms. The van der Waals surface area contributed by atoms with E-state index >= 15 is 0 Å². The van der Waals surface area contributed by atoms with Crippen LogP contribution in [0.4, 0.5) is 0 Å². The molecule has 0 atom stereocenters. The number of pyridine rings is 2. The van der Waals surface area contributed by atoms with Gasteiger partial charge in [-0.2, -0.15) is 0 Å². The smallest absolute Gasteiger partial charge is 0.160 e. The molecule has 4 heteroatoms. The molecule has 3 heterocycles. The van der Waals surface area contributed by atoms with E-state index in [4.69, 9.17) is 19.9 Å². The molecule has 0 N–H and O–H groups in total. The molecule has 0 bridgehead atoms. The maximum Gasteiger partial charge on any atom is 0.160 e. The Hall–Kier alpha value is -7.04. The number of hydrogen-bond donors (Lipinski definition) is 0. The molecule has 4 nitrogen and oxygen atoms in total. The van der Waals surface area contributed by atoms with E-state index in [0.717, 1.165) is 93.9 Å². The second-order valence-electron chi connectivity index (χ2n) is 13.1. The van der Waals surface area contributed by atoms with E-state index in [1.54, 1.807) is 0 Å². The number of hydrogen-bond acceptors (Lipinski definition) is 4. The van der Waals surface area contributed by atoms with Crippen LogP contribution in [-0.4, -0.2) is 19.9 Å². The first-order valence-corrected chi connectivity index (χ1v) is 17.5. The molecule has 0 aliphatic carbocycles. The number of nitrogens with zero attached hydrogens (tertiary/aromatic N) is 4. The third-order valence-electron chi connectivity index (χ3n) is 9.84. The van der Waals surface area contributed by atoms with Crippen LogP contribution < -0.4 is 0 Å². The average Bonchev–Trinajstić information content (AvgIpc) is 3.23. The third kappa shape index (κ3) is 5.26. The van der Waals surface area contributed by atoms with E-state index in [0.29, 0.717) is 5.82 Å². The van der Waals surface area contributed by atoms with E-state index in [2.05, 4.69) is 140 Å². The van der Waals surface area contributed by atoms with Gasteiger partial charge in [0, 0.05) is 38.4 Å². The summed E-state index contributed by atoms with van der Waals surface area (Å²) in [6.45, 7) is 0. The van der Waals surface area contributed by atoms with E-state index in [1.807, 2.05) is 42.5 Å². The van der Waals surface area contributed by atoms with Crippen LogP contribution >= 0.6 is 0 Å². The highest BCUT2D eigenvalue weighted by Gasteiger charge is 2.16. The summed E-state index contributed by atoms with van der Waals surface area (Å²) in [6.07, 6.45) is 0. The minimum Gasteiger partial charge on any atom is -0.245 e. The molecule has 0 saturated heterocycles.